The Morgan fingerprint density at radius 3 is 2.67 bits per heavy atom. The van der Waals surface area contributed by atoms with Crippen LogP contribution in [0.3, 0.4) is 0 Å². The number of methoxy groups -OCH3 is 2. The predicted molar refractivity (Wildman–Crippen MR) is 72.6 cm³/mol. The number of hydrogen-bond acceptors (Lipinski definition) is 6. The second kappa shape index (κ2) is 6.72. The summed E-state index contributed by atoms with van der Waals surface area (Å²) in [6, 6.07) is 7.91. The Kier molecular flexibility index (Phi) is 4.98. The van der Waals surface area contributed by atoms with Crippen molar-refractivity contribution in [3.8, 4) is 5.75 Å². The first-order valence-corrected chi connectivity index (χ1v) is 7.04. The normalized spacial score (nSPS) is 10.6. The molecule has 1 aromatic carbocycles. The molecule has 1 aromatic heterocycles. The minimum Gasteiger partial charge on any atom is -0.497 e. The van der Waals surface area contributed by atoms with Crippen LogP contribution >= 0.6 is 23.3 Å². The highest BCUT2D eigenvalue weighted by atomic mass is 32.2. The maximum absolute atomic E-state index is 5.12. The molecule has 1 heterocycles. The average Bonchev–Trinajstić information content (AvgIpc) is 2.85. The molecule has 0 aliphatic rings. The lowest BCUT2D eigenvalue weighted by atomic mass is 10.3. The molecule has 0 aliphatic carbocycles. The Balaban J connectivity index is 1.97. The lowest BCUT2D eigenvalue weighted by Crippen LogP contribution is -1.95. The average molecular weight is 282 g/mol. The van der Waals surface area contributed by atoms with Crippen molar-refractivity contribution in [2.75, 3.05) is 20.8 Å². The SMILES string of the molecule is COCCc1nsc(Sc2ccc(OC)cc2)n1. The van der Waals surface area contributed by atoms with Gasteiger partial charge >= 0.3 is 0 Å². The van der Waals surface area contributed by atoms with Gasteiger partial charge in [0, 0.05) is 18.4 Å². The van der Waals surface area contributed by atoms with E-state index in [1.165, 1.54) is 11.5 Å². The van der Waals surface area contributed by atoms with Crippen molar-refractivity contribution in [3.63, 3.8) is 0 Å². The molecule has 4 nitrogen and oxygen atoms in total. The van der Waals surface area contributed by atoms with Crippen molar-refractivity contribution in [2.45, 2.75) is 15.7 Å². The van der Waals surface area contributed by atoms with Gasteiger partial charge in [-0.25, -0.2) is 4.98 Å². The molecule has 0 saturated heterocycles. The molecule has 0 spiro atoms. The van der Waals surface area contributed by atoms with E-state index in [2.05, 4.69) is 9.36 Å². The summed E-state index contributed by atoms with van der Waals surface area (Å²) < 4.78 is 15.4. The minimum atomic E-state index is 0.656. The Bertz CT molecular complexity index is 485. The Morgan fingerprint density at radius 1 is 1.22 bits per heavy atom. The van der Waals surface area contributed by atoms with E-state index < -0.39 is 0 Å². The van der Waals surface area contributed by atoms with Gasteiger partial charge in [-0.05, 0) is 35.8 Å². The topological polar surface area (TPSA) is 44.2 Å². The lowest BCUT2D eigenvalue weighted by molar-refractivity contribution is 0.200. The lowest BCUT2D eigenvalue weighted by Gasteiger charge is -2.00. The molecule has 0 unspecified atom stereocenters. The van der Waals surface area contributed by atoms with Gasteiger partial charge in [0.25, 0.3) is 0 Å². The van der Waals surface area contributed by atoms with Crippen LogP contribution in [-0.4, -0.2) is 30.2 Å². The Morgan fingerprint density at radius 2 is 2.00 bits per heavy atom. The highest BCUT2D eigenvalue weighted by molar-refractivity contribution is 8.01. The van der Waals surface area contributed by atoms with Gasteiger partial charge in [0.05, 0.1) is 13.7 Å². The molecule has 18 heavy (non-hydrogen) atoms. The maximum atomic E-state index is 5.12. The molecule has 6 heteroatoms. The number of rotatable bonds is 6. The van der Waals surface area contributed by atoms with E-state index in [-0.39, 0.29) is 0 Å². The molecular weight excluding hydrogens is 268 g/mol. The zero-order valence-electron chi connectivity index (χ0n) is 10.3. The molecule has 2 aromatic rings. The summed E-state index contributed by atoms with van der Waals surface area (Å²) in [6.07, 6.45) is 0.760. The molecule has 0 amide bonds. The summed E-state index contributed by atoms with van der Waals surface area (Å²) in [5.74, 6) is 1.70. The Labute approximate surface area is 115 Å². The molecular formula is C12H14N2O2S2. The van der Waals surface area contributed by atoms with Crippen molar-refractivity contribution in [3.05, 3.63) is 30.1 Å². The van der Waals surface area contributed by atoms with Gasteiger partial charge in [-0.1, -0.05) is 11.8 Å². The zero-order valence-corrected chi connectivity index (χ0v) is 11.9. The summed E-state index contributed by atoms with van der Waals surface area (Å²) in [7, 11) is 3.34. The fourth-order valence-electron chi connectivity index (χ4n) is 1.32. The predicted octanol–water partition coefficient (Wildman–Crippen LogP) is 2.89. The molecule has 2 rings (SSSR count). The maximum Gasteiger partial charge on any atom is 0.174 e. The van der Waals surface area contributed by atoms with Gasteiger partial charge in [0.15, 0.2) is 4.34 Å². The summed E-state index contributed by atoms with van der Waals surface area (Å²) in [5.41, 5.74) is 0. The van der Waals surface area contributed by atoms with Gasteiger partial charge in [-0.2, -0.15) is 4.37 Å². The molecule has 96 valence electrons. The first-order chi connectivity index (χ1) is 8.81. The molecule has 0 saturated carbocycles. The van der Waals surface area contributed by atoms with Gasteiger partial charge < -0.3 is 9.47 Å². The van der Waals surface area contributed by atoms with Crippen LogP contribution in [0.4, 0.5) is 0 Å². The molecule has 0 radical (unpaired) electrons. The van der Waals surface area contributed by atoms with Crippen molar-refractivity contribution in [1.82, 2.24) is 9.36 Å². The second-order valence-electron chi connectivity index (χ2n) is 3.50. The molecule has 0 atom stereocenters. The van der Waals surface area contributed by atoms with Crippen LogP contribution in [-0.2, 0) is 11.2 Å². The number of hydrogen-bond donors (Lipinski definition) is 0. The van der Waals surface area contributed by atoms with Crippen molar-refractivity contribution < 1.29 is 9.47 Å². The largest absolute Gasteiger partial charge is 0.497 e. The monoisotopic (exact) mass is 282 g/mol. The Hall–Kier alpha value is -1.11. The molecule has 0 aliphatic heterocycles. The van der Waals surface area contributed by atoms with Crippen molar-refractivity contribution in [2.24, 2.45) is 0 Å². The van der Waals surface area contributed by atoms with E-state index in [0.29, 0.717) is 6.61 Å². The third-order valence-corrected chi connectivity index (χ3v) is 4.04. The second-order valence-corrected chi connectivity index (χ2v) is 5.57. The fraction of sp³-hybridized carbons (Fsp3) is 0.333. The molecule has 0 fully saturated rings. The van der Waals surface area contributed by atoms with Crippen molar-refractivity contribution in [1.29, 1.82) is 0 Å². The first kappa shape index (κ1) is 13.3. The van der Waals surface area contributed by atoms with E-state index in [1.54, 1.807) is 26.0 Å². The first-order valence-electron chi connectivity index (χ1n) is 5.45. The van der Waals surface area contributed by atoms with E-state index in [9.17, 15) is 0 Å². The van der Waals surface area contributed by atoms with Gasteiger partial charge in [0.1, 0.15) is 11.6 Å². The summed E-state index contributed by atoms with van der Waals surface area (Å²) in [4.78, 5) is 5.57. The summed E-state index contributed by atoms with van der Waals surface area (Å²) in [6.45, 7) is 0.656. The van der Waals surface area contributed by atoms with Crippen LogP contribution in [0.25, 0.3) is 0 Å². The molecule has 0 N–H and O–H groups in total. The third-order valence-electron chi connectivity index (χ3n) is 2.24. The number of nitrogens with zero attached hydrogens (tertiary/aromatic N) is 2. The van der Waals surface area contributed by atoms with Gasteiger partial charge in [0.2, 0.25) is 0 Å². The van der Waals surface area contributed by atoms with Crippen LogP contribution in [0.2, 0.25) is 0 Å². The van der Waals surface area contributed by atoms with E-state index in [4.69, 9.17) is 9.47 Å². The van der Waals surface area contributed by atoms with E-state index in [1.807, 2.05) is 24.3 Å². The number of aromatic nitrogens is 2. The van der Waals surface area contributed by atoms with Crippen LogP contribution in [0.15, 0.2) is 33.5 Å². The number of ether oxygens (including phenoxy) is 2. The van der Waals surface area contributed by atoms with Gasteiger partial charge in [-0.3, -0.25) is 0 Å². The van der Waals surface area contributed by atoms with Crippen LogP contribution in [0.1, 0.15) is 5.82 Å². The highest BCUT2D eigenvalue weighted by Crippen LogP contribution is 2.30. The van der Waals surface area contributed by atoms with Crippen LogP contribution < -0.4 is 4.74 Å². The summed E-state index contributed by atoms with van der Waals surface area (Å²) >= 11 is 3.03. The van der Waals surface area contributed by atoms with Gasteiger partial charge in [-0.15, -0.1) is 0 Å². The zero-order chi connectivity index (χ0) is 12.8. The summed E-state index contributed by atoms with van der Waals surface area (Å²) in [5, 5.41) is 0. The third kappa shape index (κ3) is 3.69. The minimum absolute atomic E-state index is 0.656. The fourth-order valence-corrected chi connectivity index (χ4v) is 2.96. The highest BCUT2D eigenvalue weighted by Gasteiger charge is 2.05. The van der Waals surface area contributed by atoms with E-state index in [0.717, 1.165) is 27.2 Å². The van der Waals surface area contributed by atoms with Crippen molar-refractivity contribution >= 4 is 23.3 Å². The standard InChI is InChI=1S/C12H14N2O2S2/c1-15-8-7-11-13-12(18-14-11)17-10-5-3-9(16-2)4-6-10/h3-6H,7-8H2,1-2H3. The molecule has 0 bridgehead atoms. The number of benzene rings is 1. The van der Waals surface area contributed by atoms with E-state index >= 15 is 0 Å². The quantitative estimate of drug-likeness (QED) is 0.815. The smallest absolute Gasteiger partial charge is 0.174 e. The van der Waals surface area contributed by atoms with Crippen LogP contribution in [0.5, 0.6) is 5.75 Å². The van der Waals surface area contributed by atoms with Crippen LogP contribution in [0, 0.1) is 0 Å².